The average molecular weight is 442 g/mol. The Balaban J connectivity index is 2.67. The number of nitrogens with zero attached hydrogens (tertiary/aromatic N) is 2. The van der Waals surface area contributed by atoms with Gasteiger partial charge in [-0.15, -0.1) is 0 Å². The number of hydrogen-bond acceptors (Lipinski definition) is 8. The number of rotatable bonds is 9. The van der Waals surface area contributed by atoms with Crippen LogP contribution in [0.25, 0.3) is 0 Å². The molecular weight excluding hydrogens is 424 g/mol. The molecule has 2 atom stereocenters. The molecule has 2 rings (SSSR count). The highest BCUT2D eigenvalue weighted by Gasteiger charge is 2.56. The van der Waals surface area contributed by atoms with Gasteiger partial charge in [-0.1, -0.05) is 43.3 Å². The van der Waals surface area contributed by atoms with E-state index in [0.717, 1.165) is 24.3 Å². The molecule has 10 nitrogen and oxygen atoms in total. The zero-order chi connectivity index (χ0) is 21.8. The van der Waals surface area contributed by atoms with Crippen molar-refractivity contribution in [3.05, 3.63) is 80.9 Å². The van der Waals surface area contributed by atoms with Gasteiger partial charge in [0.25, 0.3) is 0 Å². The first-order valence-corrected chi connectivity index (χ1v) is 11.5. The average Bonchev–Trinajstić information content (AvgIpc) is 2.67. The van der Waals surface area contributed by atoms with Gasteiger partial charge in [-0.05, 0) is 30.7 Å². The molecule has 0 aliphatic rings. The van der Waals surface area contributed by atoms with Crippen LogP contribution < -0.4 is 0 Å². The molecule has 0 heterocycles. The normalized spacial score (nSPS) is 15.2. The maximum Gasteiger partial charge on any atom is 0.325 e. The predicted molar refractivity (Wildman–Crippen MR) is 103 cm³/mol. The van der Waals surface area contributed by atoms with Gasteiger partial charge in [0.05, 0.1) is 9.79 Å². The van der Waals surface area contributed by atoms with Gasteiger partial charge in [0.15, 0.2) is 0 Å². The summed E-state index contributed by atoms with van der Waals surface area (Å²) in [6.07, 6.45) is -0.421. The van der Waals surface area contributed by atoms with E-state index in [0.29, 0.717) is 0 Å². The predicted octanol–water partition coefficient (Wildman–Crippen LogP) is 2.17. The highest BCUT2D eigenvalue weighted by Crippen LogP contribution is 2.32. The molecule has 2 aromatic carbocycles. The monoisotopic (exact) mass is 442 g/mol. The molecular formula is C17H18N2O8S2. The largest absolute Gasteiger partial charge is 0.325 e. The van der Waals surface area contributed by atoms with Crippen LogP contribution in [0, 0.1) is 26.1 Å². The molecule has 0 fully saturated rings. The van der Waals surface area contributed by atoms with E-state index in [4.69, 9.17) is 0 Å². The molecule has 0 spiro atoms. The van der Waals surface area contributed by atoms with Crippen molar-refractivity contribution < 1.29 is 26.7 Å². The van der Waals surface area contributed by atoms with E-state index in [2.05, 4.69) is 0 Å². The Hall–Kier alpha value is -2.86. The highest BCUT2D eigenvalue weighted by molar-refractivity contribution is 7.92. The molecule has 2 aromatic rings. The molecule has 0 aromatic heterocycles. The highest BCUT2D eigenvalue weighted by atomic mass is 32.2. The standard InChI is InChI=1S/C17H18N2O8S2/c1-2-15(16(18(20)21)28(24,25)13-9-5-3-6-10-13)17(19(22)23)29(26,27)14-11-7-4-8-12-14/h3-12,15-17H,2H2,1H3. The van der Waals surface area contributed by atoms with Gasteiger partial charge >= 0.3 is 10.7 Å². The lowest BCUT2D eigenvalue weighted by Gasteiger charge is -2.22. The smallest absolute Gasteiger partial charge is 0.263 e. The lowest BCUT2D eigenvalue weighted by Crippen LogP contribution is -2.48. The van der Waals surface area contributed by atoms with Gasteiger partial charge < -0.3 is 0 Å². The molecule has 0 saturated carbocycles. The van der Waals surface area contributed by atoms with Crippen LogP contribution in [-0.2, 0) is 19.7 Å². The van der Waals surface area contributed by atoms with Gasteiger partial charge in [0.2, 0.25) is 19.7 Å². The molecule has 0 aliphatic carbocycles. The Morgan fingerprint density at radius 1 is 0.724 bits per heavy atom. The van der Waals surface area contributed by atoms with Crippen molar-refractivity contribution in [2.45, 2.75) is 33.9 Å². The summed E-state index contributed by atoms with van der Waals surface area (Å²) in [6, 6.07) is 12.8. The fourth-order valence-electron chi connectivity index (χ4n) is 3.04. The van der Waals surface area contributed by atoms with Crippen LogP contribution in [0.1, 0.15) is 13.3 Å². The Labute approximate surface area is 167 Å². The Morgan fingerprint density at radius 2 is 1.03 bits per heavy atom. The molecule has 156 valence electrons. The summed E-state index contributed by atoms with van der Waals surface area (Å²) < 4.78 is 51.6. The van der Waals surface area contributed by atoms with Crippen LogP contribution in [0.5, 0.6) is 0 Å². The summed E-state index contributed by atoms with van der Waals surface area (Å²) in [5.74, 6) is -1.92. The number of nitro groups is 2. The third kappa shape index (κ3) is 4.43. The van der Waals surface area contributed by atoms with E-state index in [9.17, 15) is 37.1 Å². The zero-order valence-electron chi connectivity index (χ0n) is 15.2. The number of sulfone groups is 2. The van der Waals surface area contributed by atoms with Crippen molar-refractivity contribution in [2.75, 3.05) is 0 Å². The molecule has 0 aliphatic heterocycles. The van der Waals surface area contributed by atoms with E-state index in [1.807, 2.05) is 0 Å². The summed E-state index contributed by atoms with van der Waals surface area (Å²) in [5.41, 5.74) is 0. The summed E-state index contributed by atoms with van der Waals surface area (Å²) >= 11 is 0. The summed E-state index contributed by atoms with van der Waals surface area (Å²) in [5, 5.41) is 18.4. The maximum absolute atomic E-state index is 12.9. The third-order valence-corrected chi connectivity index (χ3v) is 8.57. The molecule has 0 amide bonds. The molecule has 0 bridgehead atoms. The van der Waals surface area contributed by atoms with Gasteiger partial charge in [-0.25, -0.2) is 16.8 Å². The fraction of sp³-hybridized carbons (Fsp3) is 0.294. The van der Waals surface area contributed by atoms with E-state index in [1.54, 1.807) is 0 Å². The van der Waals surface area contributed by atoms with Gasteiger partial charge in [0, 0.05) is 9.85 Å². The Bertz CT molecular complexity index is 999. The van der Waals surface area contributed by atoms with Crippen molar-refractivity contribution in [2.24, 2.45) is 5.92 Å². The topological polar surface area (TPSA) is 155 Å². The summed E-state index contributed by atoms with van der Waals surface area (Å²) in [4.78, 5) is 20.3. The Kier molecular flexibility index (Phi) is 6.69. The van der Waals surface area contributed by atoms with Crippen molar-refractivity contribution in [3.63, 3.8) is 0 Å². The van der Waals surface area contributed by atoms with Crippen LogP contribution in [0.4, 0.5) is 0 Å². The first kappa shape index (κ1) is 22.4. The number of benzene rings is 2. The second-order valence-corrected chi connectivity index (χ2v) is 10.2. The van der Waals surface area contributed by atoms with Crippen LogP contribution in [-0.4, -0.2) is 37.4 Å². The number of hydrogen-bond donors (Lipinski definition) is 0. The van der Waals surface area contributed by atoms with Gasteiger partial charge in [-0.2, -0.15) is 0 Å². The summed E-state index contributed by atoms with van der Waals surface area (Å²) in [7, 11) is -9.40. The molecule has 12 heteroatoms. The maximum atomic E-state index is 12.9. The SMILES string of the molecule is CCC(C([N+](=O)[O-])S(=O)(=O)c1ccccc1)C([N+](=O)[O-])S(=O)(=O)c1ccccc1. The van der Waals surface area contributed by atoms with Crippen LogP contribution >= 0.6 is 0 Å². The minimum absolute atomic E-state index is 0.417. The van der Waals surface area contributed by atoms with Gasteiger partial charge in [-0.3, -0.25) is 20.2 Å². The van der Waals surface area contributed by atoms with Crippen molar-refractivity contribution in [1.29, 1.82) is 0 Å². The molecule has 0 N–H and O–H groups in total. The second kappa shape index (κ2) is 8.66. The Morgan fingerprint density at radius 3 is 1.28 bits per heavy atom. The molecule has 0 saturated heterocycles. The van der Waals surface area contributed by atoms with Crippen LogP contribution in [0.2, 0.25) is 0 Å². The fourth-order valence-corrected chi connectivity index (χ4v) is 6.83. The first-order chi connectivity index (χ1) is 13.5. The van der Waals surface area contributed by atoms with Crippen molar-refractivity contribution in [3.8, 4) is 0 Å². The minimum atomic E-state index is -4.70. The second-order valence-electron chi connectivity index (χ2n) is 6.14. The van der Waals surface area contributed by atoms with Crippen LogP contribution in [0.15, 0.2) is 70.5 Å². The van der Waals surface area contributed by atoms with Crippen LogP contribution in [0.3, 0.4) is 0 Å². The van der Waals surface area contributed by atoms with E-state index in [1.165, 1.54) is 43.3 Å². The minimum Gasteiger partial charge on any atom is -0.263 e. The van der Waals surface area contributed by atoms with Gasteiger partial charge in [0.1, 0.15) is 5.92 Å². The van der Waals surface area contributed by atoms with E-state index < -0.39 is 62.4 Å². The molecule has 0 radical (unpaired) electrons. The van der Waals surface area contributed by atoms with E-state index >= 15 is 0 Å². The van der Waals surface area contributed by atoms with Crippen molar-refractivity contribution >= 4 is 19.7 Å². The third-order valence-electron chi connectivity index (χ3n) is 4.40. The summed E-state index contributed by atoms with van der Waals surface area (Å²) in [6.45, 7) is 1.28. The first-order valence-electron chi connectivity index (χ1n) is 8.40. The lowest BCUT2D eigenvalue weighted by molar-refractivity contribution is -0.545. The molecule has 2 unspecified atom stereocenters. The quantitative estimate of drug-likeness (QED) is 0.423. The van der Waals surface area contributed by atoms with Crippen molar-refractivity contribution in [1.82, 2.24) is 0 Å². The zero-order valence-corrected chi connectivity index (χ0v) is 16.8. The van der Waals surface area contributed by atoms with E-state index in [-0.39, 0.29) is 0 Å². The lowest BCUT2D eigenvalue weighted by atomic mass is 10.1. The molecule has 29 heavy (non-hydrogen) atoms.